The molecule has 0 saturated carbocycles. The van der Waals surface area contributed by atoms with Gasteiger partial charge in [-0.15, -0.1) is 15.0 Å². The number of halogens is 3. The van der Waals surface area contributed by atoms with Gasteiger partial charge in [-0.2, -0.15) is 13.2 Å². The molecule has 0 bridgehead atoms. The minimum absolute atomic E-state index is 0.00567. The van der Waals surface area contributed by atoms with Gasteiger partial charge in [0.05, 0.1) is 5.56 Å². The third-order valence-electron chi connectivity index (χ3n) is 6.84. The average Bonchev–Trinajstić information content (AvgIpc) is 3.48. The highest BCUT2D eigenvalue weighted by atomic mass is 19.4. The molecule has 0 fully saturated rings. The number of aryl methyl sites for hydroxylation is 1. The van der Waals surface area contributed by atoms with E-state index in [1.165, 1.54) is 16.4 Å². The first-order chi connectivity index (χ1) is 17.8. The molecule has 0 atom stereocenters. The van der Waals surface area contributed by atoms with Crippen molar-refractivity contribution in [2.75, 3.05) is 6.61 Å². The zero-order valence-corrected chi connectivity index (χ0v) is 19.6. The van der Waals surface area contributed by atoms with Crippen molar-refractivity contribution in [1.29, 1.82) is 0 Å². The molecular formula is C29H22F3N3O2. The summed E-state index contributed by atoms with van der Waals surface area (Å²) in [5, 5.41) is 29.5. The summed E-state index contributed by atoms with van der Waals surface area (Å²) in [5.41, 5.74) is 6.70. The van der Waals surface area contributed by atoms with Crippen molar-refractivity contribution in [3.63, 3.8) is 0 Å². The fourth-order valence-corrected chi connectivity index (χ4v) is 5.07. The zero-order chi connectivity index (χ0) is 25.7. The first-order valence-electron chi connectivity index (χ1n) is 12.0. The molecule has 0 unspecified atom stereocenters. The quantitative estimate of drug-likeness (QED) is 0.291. The molecule has 1 heterocycles. The molecule has 5 aromatic rings. The minimum Gasteiger partial charge on any atom is -0.505 e. The largest absolute Gasteiger partial charge is 0.505 e. The lowest BCUT2D eigenvalue weighted by Crippen LogP contribution is -2.04. The molecule has 0 radical (unpaired) electrons. The third-order valence-corrected chi connectivity index (χ3v) is 6.84. The van der Waals surface area contributed by atoms with Crippen molar-refractivity contribution >= 4 is 11.0 Å². The van der Waals surface area contributed by atoms with Gasteiger partial charge in [-0.25, -0.2) is 0 Å². The van der Waals surface area contributed by atoms with Crippen LogP contribution in [0.15, 0.2) is 72.8 Å². The number of alkyl halides is 3. The second kappa shape index (κ2) is 8.74. The van der Waals surface area contributed by atoms with Crippen LogP contribution in [0.25, 0.3) is 39.0 Å². The smallest absolute Gasteiger partial charge is 0.416 e. The summed E-state index contributed by atoms with van der Waals surface area (Å²) < 4.78 is 39.6. The molecule has 1 aromatic heterocycles. The number of aliphatic hydroxyl groups is 1. The minimum atomic E-state index is -4.50. The van der Waals surface area contributed by atoms with Gasteiger partial charge in [0.25, 0.3) is 0 Å². The Morgan fingerprint density at radius 1 is 0.811 bits per heavy atom. The summed E-state index contributed by atoms with van der Waals surface area (Å²) in [5.74, 6) is -0.0616. The van der Waals surface area contributed by atoms with Gasteiger partial charge in [-0.3, -0.25) is 0 Å². The molecule has 0 aliphatic heterocycles. The summed E-state index contributed by atoms with van der Waals surface area (Å²) in [6.45, 7) is 0.00567. The molecule has 1 aliphatic rings. The van der Waals surface area contributed by atoms with E-state index in [9.17, 15) is 23.4 Å². The predicted octanol–water partition coefficient (Wildman–Crippen LogP) is 6.31. The number of rotatable bonds is 5. The molecule has 0 amide bonds. The highest BCUT2D eigenvalue weighted by Crippen LogP contribution is 2.45. The maximum absolute atomic E-state index is 13.2. The standard InChI is InChI=1S/C29H22F3N3O2/c30-29(31,32)19-10-11-25-26(16-19)34-35(33-25)27-14-17(5-4-12-36)13-24(28(27)37)22-9-3-8-21-20-7-2-1-6-18(20)15-23(21)22/h1-3,6-11,13-14,16,36-37H,4-5,12,15H2. The third kappa shape index (κ3) is 4.03. The van der Waals surface area contributed by atoms with Gasteiger partial charge in [0, 0.05) is 12.2 Å². The monoisotopic (exact) mass is 501 g/mol. The summed E-state index contributed by atoms with van der Waals surface area (Å²) in [7, 11) is 0. The maximum Gasteiger partial charge on any atom is 0.416 e. The van der Waals surface area contributed by atoms with Gasteiger partial charge in [0.2, 0.25) is 0 Å². The number of nitrogens with zero attached hydrogens (tertiary/aromatic N) is 3. The molecule has 4 aromatic carbocycles. The predicted molar refractivity (Wildman–Crippen MR) is 135 cm³/mol. The van der Waals surface area contributed by atoms with Crippen LogP contribution in [0.3, 0.4) is 0 Å². The molecule has 5 nitrogen and oxygen atoms in total. The van der Waals surface area contributed by atoms with E-state index in [4.69, 9.17) is 0 Å². The number of aliphatic hydroxyl groups excluding tert-OH is 1. The number of benzene rings is 4. The Balaban J connectivity index is 1.52. The van der Waals surface area contributed by atoms with Crippen LogP contribution in [-0.2, 0) is 19.0 Å². The Labute approximate surface area is 210 Å². The summed E-state index contributed by atoms with van der Waals surface area (Å²) in [6.07, 6.45) is -2.71. The van der Waals surface area contributed by atoms with Gasteiger partial charge >= 0.3 is 6.18 Å². The van der Waals surface area contributed by atoms with Crippen LogP contribution in [0.4, 0.5) is 13.2 Å². The average molecular weight is 502 g/mol. The first kappa shape index (κ1) is 23.2. The SMILES string of the molecule is OCCCc1cc(-c2cccc3c2Cc2ccccc2-3)c(O)c(-n2nc3ccc(C(F)(F)F)cc3n2)c1. The van der Waals surface area contributed by atoms with Crippen LogP contribution in [-0.4, -0.2) is 31.8 Å². The van der Waals surface area contributed by atoms with Gasteiger partial charge in [0.1, 0.15) is 16.7 Å². The van der Waals surface area contributed by atoms with Crippen LogP contribution in [0.5, 0.6) is 5.75 Å². The number of hydrogen-bond donors (Lipinski definition) is 2. The van der Waals surface area contributed by atoms with Crippen molar-refractivity contribution < 1.29 is 23.4 Å². The Hall–Kier alpha value is -4.17. The van der Waals surface area contributed by atoms with Crippen LogP contribution < -0.4 is 0 Å². The summed E-state index contributed by atoms with van der Waals surface area (Å²) in [6, 6.07) is 21.0. The summed E-state index contributed by atoms with van der Waals surface area (Å²) >= 11 is 0. The van der Waals surface area contributed by atoms with E-state index in [2.05, 4.69) is 28.4 Å². The molecule has 8 heteroatoms. The molecule has 0 saturated heterocycles. The number of hydrogen-bond acceptors (Lipinski definition) is 4. The van der Waals surface area contributed by atoms with Gasteiger partial charge in [-0.1, -0.05) is 42.5 Å². The highest BCUT2D eigenvalue weighted by Gasteiger charge is 2.31. The number of aromatic nitrogens is 3. The van der Waals surface area contributed by atoms with Crippen LogP contribution in [0.2, 0.25) is 0 Å². The lowest BCUT2D eigenvalue weighted by molar-refractivity contribution is -0.137. The van der Waals surface area contributed by atoms with Crippen molar-refractivity contribution in [3.8, 4) is 33.7 Å². The maximum atomic E-state index is 13.2. The molecule has 6 rings (SSSR count). The number of phenols is 1. The topological polar surface area (TPSA) is 71.2 Å². The van der Waals surface area contributed by atoms with Crippen molar-refractivity contribution in [2.24, 2.45) is 0 Å². The van der Waals surface area contributed by atoms with E-state index < -0.39 is 11.7 Å². The van der Waals surface area contributed by atoms with E-state index in [1.54, 1.807) is 6.07 Å². The van der Waals surface area contributed by atoms with Crippen molar-refractivity contribution in [1.82, 2.24) is 15.0 Å². The molecule has 0 spiro atoms. The molecule has 2 N–H and O–H groups in total. The van der Waals surface area contributed by atoms with E-state index in [1.807, 2.05) is 30.3 Å². The highest BCUT2D eigenvalue weighted by molar-refractivity contribution is 5.87. The fourth-order valence-electron chi connectivity index (χ4n) is 5.07. The van der Waals surface area contributed by atoms with E-state index in [0.29, 0.717) is 18.4 Å². The molecule has 186 valence electrons. The van der Waals surface area contributed by atoms with Crippen LogP contribution in [0.1, 0.15) is 28.7 Å². The molecule has 37 heavy (non-hydrogen) atoms. The van der Waals surface area contributed by atoms with E-state index >= 15 is 0 Å². The lowest BCUT2D eigenvalue weighted by Gasteiger charge is -2.15. The number of aromatic hydroxyl groups is 1. The van der Waals surface area contributed by atoms with Crippen LogP contribution >= 0.6 is 0 Å². The zero-order valence-electron chi connectivity index (χ0n) is 19.6. The van der Waals surface area contributed by atoms with Crippen LogP contribution in [0, 0.1) is 0 Å². The van der Waals surface area contributed by atoms with Crippen molar-refractivity contribution in [2.45, 2.75) is 25.4 Å². The Morgan fingerprint density at radius 3 is 2.32 bits per heavy atom. The molecule has 1 aliphatic carbocycles. The van der Waals surface area contributed by atoms with Gasteiger partial charge in [-0.05, 0) is 83.0 Å². The number of fused-ring (bicyclic) bond motifs is 4. The normalized spacial score (nSPS) is 12.6. The van der Waals surface area contributed by atoms with Gasteiger partial charge in [0.15, 0.2) is 5.75 Å². The Kier molecular flexibility index (Phi) is 5.49. The van der Waals surface area contributed by atoms with Crippen molar-refractivity contribution in [3.05, 3.63) is 95.1 Å². The lowest BCUT2D eigenvalue weighted by atomic mass is 9.92. The summed E-state index contributed by atoms with van der Waals surface area (Å²) in [4.78, 5) is 1.18. The molecular weight excluding hydrogens is 479 g/mol. The van der Waals surface area contributed by atoms with Gasteiger partial charge < -0.3 is 10.2 Å². The van der Waals surface area contributed by atoms with E-state index in [-0.39, 0.29) is 29.1 Å². The second-order valence-corrected chi connectivity index (χ2v) is 9.19. The van der Waals surface area contributed by atoms with E-state index in [0.717, 1.165) is 46.4 Å². The number of phenolic OH excluding ortho intramolecular Hbond substituents is 1. The first-order valence-corrected chi connectivity index (χ1v) is 12.0. The Bertz CT molecular complexity index is 1660. The fraction of sp³-hybridized carbons (Fsp3) is 0.172. The second-order valence-electron chi connectivity index (χ2n) is 9.19. The Morgan fingerprint density at radius 2 is 1.54 bits per heavy atom.